The Hall–Kier alpha value is -4.05. The lowest BCUT2D eigenvalue weighted by Gasteiger charge is -2.33. The van der Waals surface area contributed by atoms with Crippen molar-refractivity contribution in [1.29, 1.82) is 0 Å². The van der Waals surface area contributed by atoms with E-state index in [0.717, 1.165) is 32.0 Å². The summed E-state index contributed by atoms with van der Waals surface area (Å²) in [4.78, 5) is 18.2. The van der Waals surface area contributed by atoms with Gasteiger partial charge in [-0.25, -0.2) is 24.0 Å². The number of aromatic nitrogens is 5. The summed E-state index contributed by atoms with van der Waals surface area (Å²) in [6, 6.07) is 10.5. The number of nitrogen functional groups attached to an aromatic ring is 1. The van der Waals surface area contributed by atoms with Gasteiger partial charge in [0.05, 0.1) is 30.8 Å². The molecule has 0 amide bonds. The predicted octanol–water partition coefficient (Wildman–Crippen LogP) is 2.87. The molecule has 1 fully saturated rings. The summed E-state index contributed by atoms with van der Waals surface area (Å²) in [6.45, 7) is 3.87. The third-order valence-electron chi connectivity index (χ3n) is 5.89. The molecule has 0 unspecified atom stereocenters. The summed E-state index contributed by atoms with van der Waals surface area (Å²) in [7, 11) is 3.60. The number of methoxy groups -OCH3 is 1. The Bertz CT molecular complexity index is 1320. The van der Waals surface area contributed by atoms with Gasteiger partial charge in [0.2, 0.25) is 0 Å². The van der Waals surface area contributed by atoms with Crippen molar-refractivity contribution in [2.24, 2.45) is 0 Å². The first-order valence-electron chi connectivity index (χ1n) is 10.9. The second kappa shape index (κ2) is 9.06. The molecule has 3 aromatic heterocycles. The maximum absolute atomic E-state index is 14.6. The minimum Gasteiger partial charge on any atom is -0.496 e. The van der Waals surface area contributed by atoms with Gasteiger partial charge in [-0.15, -0.1) is 0 Å². The van der Waals surface area contributed by atoms with Crippen LogP contribution in [0.15, 0.2) is 55.0 Å². The quantitative estimate of drug-likeness (QED) is 0.486. The van der Waals surface area contributed by atoms with Crippen LogP contribution in [0.1, 0.15) is 0 Å². The summed E-state index contributed by atoms with van der Waals surface area (Å²) in [5.74, 6) is 1.57. The molecule has 10 heteroatoms. The minimum absolute atomic E-state index is 0.112. The molecule has 1 saturated heterocycles. The van der Waals surface area contributed by atoms with E-state index in [1.165, 1.54) is 13.2 Å². The zero-order valence-electron chi connectivity index (χ0n) is 19.0. The highest BCUT2D eigenvalue weighted by Crippen LogP contribution is 2.35. The van der Waals surface area contributed by atoms with E-state index >= 15 is 0 Å². The molecule has 1 aromatic carbocycles. The van der Waals surface area contributed by atoms with Gasteiger partial charge in [-0.05, 0) is 31.3 Å². The van der Waals surface area contributed by atoms with Crippen LogP contribution in [-0.4, -0.2) is 70.0 Å². The maximum atomic E-state index is 14.6. The van der Waals surface area contributed by atoms with Gasteiger partial charge in [0, 0.05) is 37.9 Å². The van der Waals surface area contributed by atoms with E-state index in [1.54, 1.807) is 29.2 Å². The van der Waals surface area contributed by atoms with E-state index in [-0.39, 0.29) is 17.1 Å². The molecule has 1 aliphatic heterocycles. The van der Waals surface area contributed by atoms with Crippen LogP contribution in [0.25, 0.3) is 28.3 Å². The van der Waals surface area contributed by atoms with Gasteiger partial charge >= 0.3 is 0 Å². The van der Waals surface area contributed by atoms with Crippen LogP contribution in [0.3, 0.4) is 0 Å². The zero-order valence-corrected chi connectivity index (χ0v) is 19.0. The lowest BCUT2D eigenvalue weighted by atomic mass is 10.1. The summed E-state index contributed by atoms with van der Waals surface area (Å²) in [6.07, 6.45) is 5.03. The highest BCUT2D eigenvalue weighted by Gasteiger charge is 2.19. The van der Waals surface area contributed by atoms with Gasteiger partial charge in [-0.2, -0.15) is 5.10 Å². The fraction of sp³-hybridized carbons (Fsp3) is 0.250. The molecule has 34 heavy (non-hydrogen) atoms. The number of nitrogens with two attached hydrogens (primary N) is 1. The molecule has 9 nitrogen and oxygen atoms in total. The van der Waals surface area contributed by atoms with E-state index in [9.17, 15) is 4.39 Å². The lowest BCUT2D eigenvalue weighted by Crippen LogP contribution is -2.44. The average molecular weight is 461 g/mol. The molecule has 0 bridgehead atoms. The summed E-state index contributed by atoms with van der Waals surface area (Å²) in [5.41, 5.74) is 7.65. The molecule has 0 saturated carbocycles. The number of halogens is 1. The number of anilines is 2. The molecule has 0 aliphatic carbocycles. The molecule has 2 N–H and O–H groups in total. The highest BCUT2D eigenvalue weighted by molar-refractivity contribution is 5.77. The zero-order chi connectivity index (χ0) is 23.7. The van der Waals surface area contributed by atoms with E-state index in [2.05, 4.69) is 31.9 Å². The topological polar surface area (TPSA) is 98.2 Å². The van der Waals surface area contributed by atoms with Crippen LogP contribution < -0.4 is 15.4 Å². The molecule has 0 spiro atoms. The summed E-state index contributed by atoms with van der Waals surface area (Å²) < 4.78 is 21.6. The molecule has 1 aliphatic rings. The number of ether oxygens (including phenoxy) is 1. The number of likely N-dealkylation sites (N-methyl/N-ethyl adjacent to an activating group) is 1. The number of hydrogen-bond acceptors (Lipinski definition) is 8. The number of pyridine rings is 1. The highest BCUT2D eigenvalue weighted by atomic mass is 19.1. The number of piperazine rings is 1. The Balaban J connectivity index is 1.46. The third-order valence-corrected chi connectivity index (χ3v) is 5.89. The second-order valence-electron chi connectivity index (χ2n) is 8.12. The largest absolute Gasteiger partial charge is 0.496 e. The fourth-order valence-corrected chi connectivity index (χ4v) is 3.96. The maximum Gasteiger partial charge on any atom is 0.155 e. The van der Waals surface area contributed by atoms with Gasteiger partial charge in [0.25, 0.3) is 0 Å². The van der Waals surface area contributed by atoms with E-state index < -0.39 is 5.82 Å². The van der Waals surface area contributed by atoms with Crippen molar-refractivity contribution >= 4 is 11.6 Å². The van der Waals surface area contributed by atoms with Crippen molar-refractivity contribution in [3.8, 4) is 34.1 Å². The number of benzene rings is 1. The molecule has 174 valence electrons. The van der Waals surface area contributed by atoms with Gasteiger partial charge < -0.3 is 20.3 Å². The third kappa shape index (κ3) is 4.15. The van der Waals surface area contributed by atoms with Crippen molar-refractivity contribution < 1.29 is 9.13 Å². The smallest absolute Gasteiger partial charge is 0.155 e. The van der Waals surface area contributed by atoms with Crippen molar-refractivity contribution in [3.63, 3.8) is 0 Å². The van der Waals surface area contributed by atoms with Gasteiger partial charge in [-0.1, -0.05) is 12.1 Å². The van der Waals surface area contributed by atoms with Crippen molar-refractivity contribution in [2.45, 2.75) is 0 Å². The Morgan fingerprint density at radius 3 is 2.53 bits per heavy atom. The Morgan fingerprint density at radius 2 is 1.74 bits per heavy atom. The van der Waals surface area contributed by atoms with Crippen molar-refractivity contribution in [3.05, 3.63) is 60.8 Å². The molecule has 4 heterocycles. The fourth-order valence-electron chi connectivity index (χ4n) is 3.96. The first-order chi connectivity index (χ1) is 16.5. The van der Waals surface area contributed by atoms with Crippen LogP contribution in [0.5, 0.6) is 5.75 Å². The minimum atomic E-state index is -0.488. The van der Waals surface area contributed by atoms with Crippen LogP contribution in [0.2, 0.25) is 0 Å². The number of nitrogens with zero attached hydrogens (tertiary/aromatic N) is 7. The molecule has 5 rings (SSSR count). The van der Waals surface area contributed by atoms with Crippen LogP contribution in [0.4, 0.5) is 16.0 Å². The SMILES string of the molecule is COc1cccc(F)c1-c1nc(-c2cnn(-c3cccc(N4CCN(C)CC4)n3)c2)cnc1N. The second-order valence-corrected chi connectivity index (χ2v) is 8.12. The monoisotopic (exact) mass is 460 g/mol. The van der Waals surface area contributed by atoms with Gasteiger partial charge in [0.1, 0.15) is 28.9 Å². The van der Waals surface area contributed by atoms with Crippen LogP contribution >= 0.6 is 0 Å². The Labute approximate surface area is 196 Å². The molecule has 0 radical (unpaired) electrons. The normalized spacial score (nSPS) is 14.4. The van der Waals surface area contributed by atoms with Crippen molar-refractivity contribution in [1.82, 2.24) is 29.6 Å². The molecule has 4 aromatic rings. The van der Waals surface area contributed by atoms with Crippen LogP contribution in [0, 0.1) is 5.82 Å². The number of rotatable bonds is 5. The lowest BCUT2D eigenvalue weighted by molar-refractivity contribution is 0.312. The van der Waals surface area contributed by atoms with Gasteiger partial charge in [-0.3, -0.25) is 0 Å². The Kier molecular flexibility index (Phi) is 5.81. The standard InChI is InChI=1S/C24H25FN8O/c1-31-9-11-32(12-10-31)20-7-4-8-21(30-20)33-15-16(13-28-33)18-14-27-24(26)23(29-18)22-17(25)5-3-6-19(22)34-2/h3-8,13-15H,9-12H2,1-2H3,(H2,26,27). The van der Waals surface area contributed by atoms with E-state index in [1.807, 2.05) is 24.4 Å². The Morgan fingerprint density at radius 1 is 0.971 bits per heavy atom. The molecular weight excluding hydrogens is 435 g/mol. The molecular formula is C24H25FN8O. The van der Waals surface area contributed by atoms with Crippen molar-refractivity contribution in [2.75, 3.05) is 51.0 Å². The predicted molar refractivity (Wildman–Crippen MR) is 128 cm³/mol. The van der Waals surface area contributed by atoms with E-state index in [4.69, 9.17) is 15.5 Å². The molecule has 0 atom stereocenters. The number of hydrogen-bond donors (Lipinski definition) is 1. The summed E-state index contributed by atoms with van der Waals surface area (Å²) in [5, 5.41) is 4.47. The first-order valence-corrected chi connectivity index (χ1v) is 10.9. The van der Waals surface area contributed by atoms with Crippen LogP contribution in [-0.2, 0) is 0 Å². The van der Waals surface area contributed by atoms with E-state index in [0.29, 0.717) is 22.8 Å². The first kappa shape index (κ1) is 21.8. The average Bonchev–Trinajstić information content (AvgIpc) is 3.35. The summed E-state index contributed by atoms with van der Waals surface area (Å²) >= 11 is 0. The van der Waals surface area contributed by atoms with Gasteiger partial charge in [0.15, 0.2) is 5.82 Å².